The second kappa shape index (κ2) is 10.2. The number of nitrogens with zero attached hydrogens (tertiary/aromatic N) is 1. The lowest BCUT2D eigenvalue weighted by molar-refractivity contribution is -0.112. The maximum atomic E-state index is 12.4. The lowest BCUT2D eigenvalue weighted by atomic mass is 10.1. The van der Waals surface area contributed by atoms with E-state index in [9.17, 15) is 15.2 Å². The van der Waals surface area contributed by atoms with Crippen LogP contribution >= 0.6 is 34.8 Å². The predicted octanol–water partition coefficient (Wildman–Crippen LogP) is 6.48. The lowest BCUT2D eigenvalue weighted by Crippen LogP contribution is -2.13. The van der Waals surface area contributed by atoms with Crippen LogP contribution in [-0.2, 0) is 11.4 Å². The molecule has 31 heavy (non-hydrogen) atoms. The van der Waals surface area contributed by atoms with Gasteiger partial charge in [0.25, 0.3) is 5.91 Å². The maximum Gasteiger partial charge on any atom is 0.266 e. The molecule has 0 spiro atoms. The summed E-state index contributed by atoms with van der Waals surface area (Å²) in [5.74, 6) is -0.259. The number of carbonyl (C=O) groups excluding carboxylic acids is 1. The number of nitriles is 1. The van der Waals surface area contributed by atoms with Gasteiger partial charge >= 0.3 is 0 Å². The third kappa shape index (κ3) is 6.16. The summed E-state index contributed by atoms with van der Waals surface area (Å²) in [7, 11) is 0. The number of amides is 1. The van der Waals surface area contributed by atoms with Gasteiger partial charge in [0, 0.05) is 10.7 Å². The zero-order chi connectivity index (χ0) is 22.4. The number of benzene rings is 3. The number of ether oxygens (including phenoxy) is 1. The highest BCUT2D eigenvalue weighted by molar-refractivity contribution is 6.37. The molecule has 3 aromatic rings. The van der Waals surface area contributed by atoms with E-state index in [1.165, 1.54) is 30.3 Å². The summed E-state index contributed by atoms with van der Waals surface area (Å²) < 4.78 is 5.72. The van der Waals surface area contributed by atoms with E-state index >= 15 is 0 Å². The van der Waals surface area contributed by atoms with Crippen LogP contribution in [0.2, 0.25) is 15.1 Å². The van der Waals surface area contributed by atoms with Crippen LogP contribution in [-0.4, -0.2) is 11.0 Å². The fourth-order valence-corrected chi connectivity index (χ4v) is 3.47. The van der Waals surface area contributed by atoms with Crippen molar-refractivity contribution in [3.63, 3.8) is 0 Å². The second-order valence-electron chi connectivity index (χ2n) is 6.40. The topological polar surface area (TPSA) is 82.3 Å². The number of carbonyl (C=O) groups is 1. The Bertz CT molecular complexity index is 1160. The van der Waals surface area contributed by atoms with E-state index in [1.54, 1.807) is 24.3 Å². The van der Waals surface area contributed by atoms with Crippen LogP contribution in [0.1, 0.15) is 11.1 Å². The van der Waals surface area contributed by atoms with E-state index in [-0.39, 0.29) is 33.7 Å². The third-order valence-electron chi connectivity index (χ3n) is 4.09. The Balaban J connectivity index is 1.76. The minimum absolute atomic E-state index is 0.0657. The predicted molar refractivity (Wildman–Crippen MR) is 123 cm³/mol. The van der Waals surface area contributed by atoms with Crippen LogP contribution in [0.15, 0.2) is 66.2 Å². The van der Waals surface area contributed by atoms with E-state index in [0.29, 0.717) is 16.3 Å². The molecule has 0 saturated carbocycles. The molecule has 0 radical (unpaired) electrons. The monoisotopic (exact) mass is 472 g/mol. The third-order valence-corrected chi connectivity index (χ3v) is 4.89. The van der Waals surface area contributed by atoms with Gasteiger partial charge in [-0.25, -0.2) is 0 Å². The molecule has 0 fully saturated rings. The summed E-state index contributed by atoms with van der Waals surface area (Å²) in [6.07, 6.45) is 1.37. The summed E-state index contributed by atoms with van der Waals surface area (Å²) >= 11 is 18.6. The fourth-order valence-electron chi connectivity index (χ4n) is 2.64. The SMILES string of the molecule is N#C/C(=C\c1cc(Cl)c(OCc2cccc(Cl)c2)c(Cl)c1)C(=O)Nc1ccc(O)cc1. The van der Waals surface area contributed by atoms with Crippen molar-refractivity contribution in [1.82, 2.24) is 0 Å². The highest BCUT2D eigenvalue weighted by Crippen LogP contribution is 2.35. The molecule has 5 nitrogen and oxygen atoms in total. The molecule has 0 aliphatic rings. The molecule has 0 aliphatic heterocycles. The fraction of sp³-hybridized carbons (Fsp3) is 0.0435. The number of halogens is 3. The molecule has 2 N–H and O–H groups in total. The zero-order valence-electron chi connectivity index (χ0n) is 15.9. The van der Waals surface area contributed by atoms with Crippen molar-refractivity contribution in [3.8, 4) is 17.6 Å². The number of anilines is 1. The number of rotatable bonds is 6. The molecular formula is C23H15Cl3N2O3. The first-order valence-corrected chi connectivity index (χ1v) is 10.1. The molecule has 0 heterocycles. The van der Waals surface area contributed by atoms with Crippen LogP contribution < -0.4 is 10.1 Å². The molecule has 0 saturated heterocycles. The van der Waals surface area contributed by atoms with Gasteiger partial charge in [-0.2, -0.15) is 5.26 Å². The van der Waals surface area contributed by atoms with Gasteiger partial charge in [0.05, 0.1) is 10.0 Å². The van der Waals surface area contributed by atoms with Gasteiger partial charge in [0.1, 0.15) is 24.0 Å². The quantitative estimate of drug-likeness (QED) is 0.244. The summed E-state index contributed by atoms with van der Waals surface area (Å²) in [4.78, 5) is 12.4. The van der Waals surface area contributed by atoms with Crippen molar-refractivity contribution in [3.05, 3.63) is 92.4 Å². The number of aromatic hydroxyl groups is 1. The molecular weight excluding hydrogens is 459 g/mol. The first-order valence-electron chi connectivity index (χ1n) is 8.94. The zero-order valence-corrected chi connectivity index (χ0v) is 18.2. The standard InChI is InChI=1S/C23H15Cl3N2O3/c24-17-3-1-2-14(9-17)13-31-22-20(25)10-15(11-21(22)26)8-16(12-27)23(30)28-18-4-6-19(29)7-5-18/h1-11,29H,13H2,(H,28,30)/b16-8+. The van der Waals surface area contributed by atoms with Crippen LogP contribution in [0.5, 0.6) is 11.5 Å². The van der Waals surface area contributed by atoms with Crippen molar-refractivity contribution in [1.29, 1.82) is 5.26 Å². The van der Waals surface area contributed by atoms with Gasteiger partial charge in [-0.1, -0.05) is 46.9 Å². The second-order valence-corrected chi connectivity index (χ2v) is 7.65. The largest absolute Gasteiger partial charge is 0.508 e. The Hall–Kier alpha value is -3.17. The van der Waals surface area contributed by atoms with Gasteiger partial charge in [-0.3, -0.25) is 4.79 Å². The van der Waals surface area contributed by atoms with Gasteiger partial charge in [-0.15, -0.1) is 0 Å². The summed E-state index contributed by atoms with van der Waals surface area (Å²) in [6.45, 7) is 0.216. The Labute approximate surface area is 194 Å². The first kappa shape index (κ1) is 22.5. The molecule has 0 unspecified atom stereocenters. The average molecular weight is 474 g/mol. The summed E-state index contributed by atoms with van der Waals surface area (Å²) in [6, 6.07) is 18.0. The summed E-state index contributed by atoms with van der Waals surface area (Å²) in [5, 5.41) is 22.3. The molecule has 0 atom stereocenters. The van der Waals surface area contributed by atoms with Crippen molar-refractivity contribution in [2.24, 2.45) is 0 Å². The smallest absolute Gasteiger partial charge is 0.266 e. The number of phenols is 1. The van der Waals surface area contributed by atoms with Crippen LogP contribution in [0.3, 0.4) is 0 Å². The average Bonchev–Trinajstić information content (AvgIpc) is 2.73. The maximum absolute atomic E-state index is 12.4. The van der Waals surface area contributed by atoms with Gasteiger partial charge in [-0.05, 0) is 65.7 Å². The molecule has 0 aromatic heterocycles. The highest BCUT2D eigenvalue weighted by Gasteiger charge is 2.13. The minimum Gasteiger partial charge on any atom is -0.508 e. The molecule has 156 valence electrons. The van der Waals surface area contributed by atoms with Crippen LogP contribution in [0, 0.1) is 11.3 Å². The summed E-state index contributed by atoms with van der Waals surface area (Å²) in [5.41, 5.74) is 1.60. The Morgan fingerprint density at radius 2 is 1.74 bits per heavy atom. The van der Waals surface area contributed by atoms with Crippen LogP contribution in [0.4, 0.5) is 5.69 Å². The van der Waals surface area contributed by atoms with E-state index < -0.39 is 5.91 Å². The van der Waals surface area contributed by atoms with Crippen molar-refractivity contribution < 1.29 is 14.6 Å². The Morgan fingerprint density at radius 3 is 2.35 bits per heavy atom. The first-order chi connectivity index (χ1) is 14.9. The number of phenolic OH excluding ortho intramolecular Hbond substituents is 1. The number of nitrogens with one attached hydrogen (secondary N) is 1. The normalized spacial score (nSPS) is 11.0. The van der Waals surface area contributed by atoms with Gasteiger partial charge in [0.15, 0.2) is 5.75 Å². The highest BCUT2D eigenvalue weighted by atomic mass is 35.5. The van der Waals surface area contributed by atoms with Crippen LogP contribution in [0.25, 0.3) is 6.08 Å². The molecule has 3 rings (SSSR count). The van der Waals surface area contributed by atoms with Crippen molar-refractivity contribution in [2.75, 3.05) is 5.32 Å². The molecule has 3 aromatic carbocycles. The molecule has 0 bridgehead atoms. The minimum atomic E-state index is -0.610. The molecule has 8 heteroatoms. The van der Waals surface area contributed by atoms with E-state index in [0.717, 1.165) is 5.56 Å². The number of hydrogen-bond acceptors (Lipinski definition) is 4. The lowest BCUT2D eigenvalue weighted by Gasteiger charge is -2.11. The Morgan fingerprint density at radius 1 is 1.06 bits per heavy atom. The molecule has 1 amide bonds. The Kier molecular flexibility index (Phi) is 7.43. The van der Waals surface area contributed by atoms with E-state index in [2.05, 4.69) is 5.32 Å². The van der Waals surface area contributed by atoms with Crippen molar-refractivity contribution >= 4 is 52.5 Å². The van der Waals surface area contributed by atoms with E-state index in [1.807, 2.05) is 18.2 Å². The van der Waals surface area contributed by atoms with Crippen molar-refractivity contribution in [2.45, 2.75) is 6.61 Å². The molecule has 0 aliphatic carbocycles. The van der Waals surface area contributed by atoms with E-state index in [4.69, 9.17) is 39.5 Å². The van der Waals surface area contributed by atoms with Gasteiger partial charge in [0.2, 0.25) is 0 Å². The number of hydrogen-bond donors (Lipinski definition) is 2. The van der Waals surface area contributed by atoms with Gasteiger partial charge < -0.3 is 15.2 Å².